The first kappa shape index (κ1) is 18.7. The fraction of sp³-hybridized carbons (Fsp3) is 0.800. The van der Waals surface area contributed by atoms with Crippen molar-refractivity contribution in [2.45, 2.75) is 89.6 Å². The van der Waals surface area contributed by atoms with Gasteiger partial charge in [0.25, 0.3) is 0 Å². The molecule has 2 rings (SSSR count). The molecule has 0 saturated carbocycles. The standard InChI is InChI=1S/C20H34O3/c1-15(2)16-7-12-18(3,22)10-6-11-19(4)13-9-17(21)20(5,23-19)14-8-16/h6-7,11-12,15-17,21-22H,8-10,13-14H2,1-5H3/t16-,17-,18+,19-,20+/m0/s1. The van der Waals surface area contributed by atoms with E-state index >= 15 is 0 Å². The van der Waals surface area contributed by atoms with E-state index in [-0.39, 0.29) is 5.60 Å². The van der Waals surface area contributed by atoms with E-state index in [0.717, 1.165) is 25.7 Å². The third-order valence-electron chi connectivity index (χ3n) is 5.62. The maximum Gasteiger partial charge on any atom is 0.0924 e. The molecule has 3 heteroatoms. The van der Waals surface area contributed by atoms with Crippen LogP contribution in [-0.2, 0) is 4.74 Å². The highest BCUT2D eigenvalue weighted by Gasteiger charge is 2.45. The second-order valence-electron chi connectivity index (χ2n) is 8.55. The highest BCUT2D eigenvalue weighted by molar-refractivity contribution is 5.11. The average Bonchev–Trinajstić information content (AvgIpc) is 2.41. The van der Waals surface area contributed by atoms with Crippen LogP contribution in [0.2, 0.25) is 0 Å². The van der Waals surface area contributed by atoms with Crippen molar-refractivity contribution < 1.29 is 14.9 Å². The summed E-state index contributed by atoms with van der Waals surface area (Å²) in [7, 11) is 0. The molecule has 132 valence electrons. The summed E-state index contributed by atoms with van der Waals surface area (Å²) in [5.74, 6) is 0.877. The molecule has 0 spiro atoms. The molecule has 0 unspecified atom stereocenters. The third kappa shape index (κ3) is 4.68. The van der Waals surface area contributed by atoms with Gasteiger partial charge >= 0.3 is 0 Å². The summed E-state index contributed by atoms with van der Waals surface area (Å²) in [6, 6.07) is 0. The Labute approximate surface area is 141 Å². The summed E-state index contributed by atoms with van der Waals surface area (Å²) in [6.07, 6.45) is 11.7. The molecule has 0 aromatic rings. The number of hydrogen-bond acceptors (Lipinski definition) is 3. The van der Waals surface area contributed by atoms with E-state index < -0.39 is 17.3 Å². The lowest BCUT2D eigenvalue weighted by atomic mass is 9.78. The fourth-order valence-corrected chi connectivity index (χ4v) is 3.77. The molecule has 2 aliphatic heterocycles. The first-order valence-electron chi connectivity index (χ1n) is 9.03. The van der Waals surface area contributed by atoms with Gasteiger partial charge in [-0.2, -0.15) is 0 Å². The van der Waals surface area contributed by atoms with Crippen molar-refractivity contribution in [1.82, 2.24) is 0 Å². The van der Waals surface area contributed by atoms with Crippen LogP contribution in [0.25, 0.3) is 0 Å². The molecule has 5 atom stereocenters. The molecule has 0 aliphatic carbocycles. The van der Waals surface area contributed by atoms with E-state index in [1.807, 2.05) is 26.0 Å². The Balaban J connectivity index is 2.31. The van der Waals surface area contributed by atoms with Crippen LogP contribution in [-0.4, -0.2) is 33.1 Å². The van der Waals surface area contributed by atoms with Gasteiger partial charge in [-0.25, -0.2) is 0 Å². The lowest BCUT2D eigenvalue weighted by Crippen LogP contribution is -2.53. The second kappa shape index (κ2) is 6.70. The molecule has 0 amide bonds. The monoisotopic (exact) mass is 322 g/mol. The smallest absolute Gasteiger partial charge is 0.0924 e. The second-order valence-corrected chi connectivity index (χ2v) is 8.55. The lowest BCUT2D eigenvalue weighted by Gasteiger charge is -2.47. The summed E-state index contributed by atoms with van der Waals surface area (Å²) >= 11 is 0. The summed E-state index contributed by atoms with van der Waals surface area (Å²) in [6.45, 7) is 10.4. The number of hydrogen-bond donors (Lipinski definition) is 2. The summed E-state index contributed by atoms with van der Waals surface area (Å²) in [4.78, 5) is 0. The van der Waals surface area contributed by atoms with Crippen molar-refractivity contribution in [2.75, 3.05) is 0 Å². The minimum Gasteiger partial charge on any atom is -0.390 e. The number of aliphatic hydroxyl groups is 2. The average molecular weight is 322 g/mol. The summed E-state index contributed by atoms with van der Waals surface area (Å²) < 4.78 is 6.40. The number of aliphatic hydroxyl groups excluding tert-OH is 1. The molecule has 1 saturated heterocycles. The topological polar surface area (TPSA) is 49.7 Å². The van der Waals surface area contributed by atoms with Crippen LogP contribution in [0.5, 0.6) is 0 Å². The van der Waals surface area contributed by atoms with E-state index in [9.17, 15) is 10.2 Å². The van der Waals surface area contributed by atoms with E-state index in [4.69, 9.17) is 4.74 Å². The van der Waals surface area contributed by atoms with E-state index in [1.54, 1.807) is 0 Å². The first-order valence-corrected chi connectivity index (χ1v) is 9.03. The Morgan fingerprint density at radius 3 is 2.43 bits per heavy atom. The molecule has 0 aromatic carbocycles. The van der Waals surface area contributed by atoms with Gasteiger partial charge in [-0.05, 0) is 64.7 Å². The zero-order chi connectivity index (χ0) is 17.3. The van der Waals surface area contributed by atoms with Gasteiger partial charge < -0.3 is 14.9 Å². The van der Waals surface area contributed by atoms with Gasteiger partial charge in [0, 0.05) is 0 Å². The van der Waals surface area contributed by atoms with Gasteiger partial charge in [-0.3, -0.25) is 0 Å². The highest BCUT2D eigenvalue weighted by atomic mass is 16.5. The van der Waals surface area contributed by atoms with Crippen molar-refractivity contribution in [3.05, 3.63) is 24.3 Å². The molecule has 2 bridgehead atoms. The molecule has 3 nitrogen and oxygen atoms in total. The zero-order valence-electron chi connectivity index (χ0n) is 15.4. The fourth-order valence-electron chi connectivity index (χ4n) is 3.77. The quantitative estimate of drug-likeness (QED) is 0.718. The number of allylic oxidation sites excluding steroid dienone is 1. The van der Waals surface area contributed by atoms with Gasteiger partial charge in [-0.15, -0.1) is 0 Å². The van der Waals surface area contributed by atoms with Gasteiger partial charge in [-0.1, -0.05) is 38.2 Å². The van der Waals surface area contributed by atoms with Crippen LogP contribution in [0.1, 0.15) is 66.7 Å². The minimum atomic E-state index is -0.823. The van der Waals surface area contributed by atoms with Crippen molar-refractivity contribution in [3.8, 4) is 0 Å². The maximum absolute atomic E-state index is 10.5. The molecule has 2 aliphatic rings. The van der Waals surface area contributed by atoms with Crippen LogP contribution >= 0.6 is 0 Å². The Kier molecular flexibility index (Phi) is 5.44. The predicted molar refractivity (Wildman–Crippen MR) is 94.2 cm³/mol. The SMILES string of the molecule is CC(C)[C@H]1C=C[C@](C)(O)CC=C[C@@]2(C)CC[C@H](O)[C@@](C)(CC1)O2. The maximum atomic E-state index is 10.5. The molecule has 2 N–H and O–H groups in total. The van der Waals surface area contributed by atoms with Crippen LogP contribution in [0.3, 0.4) is 0 Å². The van der Waals surface area contributed by atoms with Crippen molar-refractivity contribution >= 4 is 0 Å². The highest BCUT2D eigenvalue weighted by Crippen LogP contribution is 2.41. The first-order chi connectivity index (χ1) is 10.6. The molecule has 0 aromatic heterocycles. The summed E-state index contributed by atoms with van der Waals surface area (Å²) in [5, 5.41) is 21.0. The molecular formula is C20H34O3. The third-order valence-corrected chi connectivity index (χ3v) is 5.62. The normalized spacial score (nSPS) is 45.6. The Morgan fingerprint density at radius 1 is 1.09 bits per heavy atom. The summed E-state index contributed by atoms with van der Waals surface area (Å²) in [5.41, 5.74) is -1.68. The van der Waals surface area contributed by atoms with Gasteiger partial charge in [0.2, 0.25) is 0 Å². The molecule has 23 heavy (non-hydrogen) atoms. The Bertz CT molecular complexity index is 466. The van der Waals surface area contributed by atoms with Crippen LogP contribution < -0.4 is 0 Å². The van der Waals surface area contributed by atoms with Crippen molar-refractivity contribution in [2.24, 2.45) is 11.8 Å². The van der Waals surface area contributed by atoms with Crippen molar-refractivity contribution in [1.29, 1.82) is 0 Å². The molecular weight excluding hydrogens is 288 g/mol. The van der Waals surface area contributed by atoms with E-state index in [0.29, 0.717) is 18.3 Å². The number of fused-ring (bicyclic) bond motifs is 2. The van der Waals surface area contributed by atoms with E-state index in [2.05, 4.69) is 32.9 Å². The molecule has 1 fully saturated rings. The van der Waals surface area contributed by atoms with Crippen LogP contribution in [0.4, 0.5) is 0 Å². The van der Waals surface area contributed by atoms with Crippen molar-refractivity contribution in [3.63, 3.8) is 0 Å². The minimum absolute atomic E-state index is 0.361. The van der Waals surface area contributed by atoms with Gasteiger partial charge in [0.05, 0.1) is 22.9 Å². The number of rotatable bonds is 1. The Hall–Kier alpha value is -0.640. The predicted octanol–water partition coefficient (Wildman–Crippen LogP) is 3.99. The number of ether oxygens (including phenoxy) is 1. The van der Waals surface area contributed by atoms with Gasteiger partial charge in [0.1, 0.15) is 0 Å². The zero-order valence-corrected chi connectivity index (χ0v) is 15.4. The largest absolute Gasteiger partial charge is 0.390 e. The Morgan fingerprint density at radius 2 is 1.78 bits per heavy atom. The molecule has 2 heterocycles. The van der Waals surface area contributed by atoms with Crippen LogP contribution in [0.15, 0.2) is 24.3 Å². The molecule has 0 radical (unpaired) electrons. The lowest BCUT2D eigenvalue weighted by molar-refractivity contribution is -0.209. The van der Waals surface area contributed by atoms with Crippen LogP contribution in [0, 0.1) is 11.8 Å². The van der Waals surface area contributed by atoms with E-state index in [1.165, 1.54) is 0 Å². The van der Waals surface area contributed by atoms with Gasteiger partial charge in [0.15, 0.2) is 0 Å².